The molecule has 2 N–H and O–H groups in total. The maximum atomic E-state index is 11.3. The molecule has 0 aliphatic rings. The Balaban J connectivity index is 2.76. The van der Waals surface area contributed by atoms with E-state index in [0.717, 1.165) is 4.47 Å². The number of nitrogen functional groups attached to an aromatic ring is 1. The molecule has 0 saturated carbocycles. The standard InChI is InChI=1S/C9H10BrNO3/c1-13-5-14-9(12)6-2-3-7(10)8(11)4-6/h2-4H,5,11H2,1H3. The maximum Gasteiger partial charge on any atom is 0.340 e. The van der Waals surface area contributed by atoms with Crippen molar-refractivity contribution in [3.05, 3.63) is 28.2 Å². The second kappa shape index (κ2) is 4.97. The van der Waals surface area contributed by atoms with Crippen LogP contribution < -0.4 is 5.73 Å². The molecule has 76 valence electrons. The van der Waals surface area contributed by atoms with Crippen LogP contribution in [0.3, 0.4) is 0 Å². The maximum absolute atomic E-state index is 11.3. The van der Waals surface area contributed by atoms with Crippen molar-refractivity contribution in [3.8, 4) is 0 Å². The number of anilines is 1. The largest absolute Gasteiger partial charge is 0.435 e. The highest BCUT2D eigenvalue weighted by molar-refractivity contribution is 9.10. The SMILES string of the molecule is COCOC(=O)c1ccc(Br)c(N)c1. The number of rotatable bonds is 3. The predicted octanol–water partition coefficient (Wildman–Crippen LogP) is 1.79. The summed E-state index contributed by atoms with van der Waals surface area (Å²) in [6, 6.07) is 4.86. The fraction of sp³-hybridized carbons (Fsp3) is 0.222. The fourth-order valence-corrected chi connectivity index (χ4v) is 1.11. The highest BCUT2D eigenvalue weighted by atomic mass is 79.9. The molecule has 0 unspecified atom stereocenters. The number of methoxy groups -OCH3 is 1. The van der Waals surface area contributed by atoms with Gasteiger partial charge in [-0.15, -0.1) is 0 Å². The van der Waals surface area contributed by atoms with Crippen LogP contribution in [-0.2, 0) is 9.47 Å². The summed E-state index contributed by atoms with van der Waals surface area (Å²) in [5, 5.41) is 0. The predicted molar refractivity (Wildman–Crippen MR) is 55.8 cm³/mol. The van der Waals surface area contributed by atoms with Gasteiger partial charge in [0.1, 0.15) is 0 Å². The summed E-state index contributed by atoms with van der Waals surface area (Å²) < 4.78 is 10.1. The summed E-state index contributed by atoms with van der Waals surface area (Å²) in [6.45, 7) is -0.0607. The topological polar surface area (TPSA) is 61.5 Å². The molecule has 0 saturated heterocycles. The summed E-state index contributed by atoms with van der Waals surface area (Å²) in [4.78, 5) is 11.3. The van der Waals surface area contributed by atoms with Crippen LogP contribution in [0.1, 0.15) is 10.4 Å². The second-order valence-corrected chi connectivity index (χ2v) is 3.43. The van der Waals surface area contributed by atoms with Gasteiger partial charge in [0.05, 0.1) is 5.56 Å². The molecule has 14 heavy (non-hydrogen) atoms. The molecule has 0 heterocycles. The molecular formula is C9H10BrNO3. The van der Waals surface area contributed by atoms with Crippen LogP contribution in [0.25, 0.3) is 0 Å². The number of carbonyl (C=O) groups is 1. The van der Waals surface area contributed by atoms with E-state index in [1.54, 1.807) is 18.2 Å². The monoisotopic (exact) mass is 259 g/mol. The third-order valence-corrected chi connectivity index (χ3v) is 2.26. The minimum absolute atomic E-state index is 0.0607. The average Bonchev–Trinajstić information content (AvgIpc) is 2.18. The quantitative estimate of drug-likeness (QED) is 0.511. The normalized spacial score (nSPS) is 9.86. The van der Waals surface area contributed by atoms with Crippen molar-refractivity contribution in [2.24, 2.45) is 0 Å². The number of nitrogens with two attached hydrogens (primary N) is 1. The number of carbonyl (C=O) groups excluding carboxylic acids is 1. The van der Waals surface area contributed by atoms with Crippen molar-refractivity contribution < 1.29 is 14.3 Å². The summed E-state index contributed by atoms with van der Waals surface area (Å²) >= 11 is 3.23. The minimum Gasteiger partial charge on any atom is -0.435 e. The molecule has 0 radical (unpaired) electrons. The Morgan fingerprint density at radius 2 is 2.29 bits per heavy atom. The highest BCUT2D eigenvalue weighted by Gasteiger charge is 2.07. The Bertz CT molecular complexity index is 341. The first kappa shape index (κ1) is 11.0. The van der Waals surface area contributed by atoms with Gasteiger partial charge in [-0.2, -0.15) is 0 Å². The number of hydrogen-bond acceptors (Lipinski definition) is 4. The Kier molecular flexibility index (Phi) is 3.91. The van der Waals surface area contributed by atoms with E-state index in [2.05, 4.69) is 20.7 Å². The Labute approximate surface area is 90.1 Å². The lowest BCUT2D eigenvalue weighted by atomic mass is 10.2. The smallest absolute Gasteiger partial charge is 0.340 e. The lowest BCUT2D eigenvalue weighted by Gasteiger charge is -2.04. The molecule has 1 rings (SSSR count). The van der Waals surface area contributed by atoms with Crippen molar-refractivity contribution in [3.63, 3.8) is 0 Å². The summed E-state index contributed by atoms with van der Waals surface area (Å²) in [5.41, 5.74) is 6.50. The van der Waals surface area contributed by atoms with Gasteiger partial charge in [-0.1, -0.05) is 0 Å². The van der Waals surface area contributed by atoms with Crippen molar-refractivity contribution in [2.45, 2.75) is 0 Å². The third-order valence-electron chi connectivity index (χ3n) is 1.54. The molecular weight excluding hydrogens is 250 g/mol. The van der Waals surface area contributed by atoms with Gasteiger partial charge in [0.15, 0.2) is 6.79 Å². The first-order valence-electron chi connectivity index (χ1n) is 3.86. The van der Waals surface area contributed by atoms with Crippen LogP contribution in [0.2, 0.25) is 0 Å². The zero-order chi connectivity index (χ0) is 10.6. The zero-order valence-electron chi connectivity index (χ0n) is 7.62. The zero-order valence-corrected chi connectivity index (χ0v) is 9.21. The van der Waals surface area contributed by atoms with E-state index < -0.39 is 5.97 Å². The molecule has 0 aromatic heterocycles. The number of hydrogen-bond donors (Lipinski definition) is 1. The second-order valence-electron chi connectivity index (χ2n) is 2.57. The molecule has 0 amide bonds. The molecule has 1 aromatic carbocycles. The number of benzene rings is 1. The Morgan fingerprint density at radius 3 is 2.86 bits per heavy atom. The first-order chi connectivity index (χ1) is 6.65. The van der Waals surface area contributed by atoms with E-state index in [1.807, 2.05) is 0 Å². The molecule has 5 heteroatoms. The van der Waals surface area contributed by atoms with Crippen molar-refractivity contribution >= 4 is 27.6 Å². The van der Waals surface area contributed by atoms with Gasteiger partial charge in [-0.05, 0) is 34.1 Å². The lowest BCUT2D eigenvalue weighted by molar-refractivity contribution is -0.0124. The van der Waals surface area contributed by atoms with Crippen molar-refractivity contribution in [1.29, 1.82) is 0 Å². The molecule has 0 spiro atoms. The van der Waals surface area contributed by atoms with Crippen LogP contribution in [0, 0.1) is 0 Å². The van der Waals surface area contributed by atoms with Gasteiger partial charge < -0.3 is 15.2 Å². The van der Waals surface area contributed by atoms with Gasteiger partial charge in [-0.3, -0.25) is 0 Å². The molecule has 4 nitrogen and oxygen atoms in total. The van der Waals surface area contributed by atoms with Crippen LogP contribution in [-0.4, -0.2) is 19.9 Å². The van der Waals surface area contributed by atoms with Crippen molar-refractivity contribution in [2.75, 3.05) is 19.6 Å². The summed E-state index contributed by atoms with van der Waals surface area (Å²) in [7, 11) is 1.45. The average molecular weight is 260 g/mol. The van der Waals surface area contributed by atoms with Gasteiger partial charge in [-0.25, -0.2) is 4.79 Å². The van der Waals surface area contributed by atoms with E-state index in [-0.39, 0.29) is 6.79 Å². The Hall–Kier alpha value is -1.07. The Morgan fingerprint density at radius 1 is 1.57 bits per heavy atom. The van der Waals surface area contributed by atoms with Gasteiger partial charge in [0.2, 0.25) is 0 Å². The van der Waals surface area contributed by atoms with Crippen LogP contribution in [0.5, 0.6) is 0 Å². The minimum atomic E-state index is -0.453. The lowest BCUT2D eigenvalue weighted by Crippen LogP contribution is -2.07. The molecule has 1 aromatic rings. The molecule has 0 aliphatic carbocycles. The van der Waals surface area contributed by atoms with Gasteiger partial charge >= 0.3 is 5.97 Å². The number of esters is 1. The molecule has 0 atom stereocenters. The highest BCUT2D eigenvalue weighted by Crippen LogP contribution is 2.20. The molecule has 0 bridgehead atoms. The molecule has 0 fully saturated rings. The number of ether oxygens (including phenoxy) is 2. The fourth-order valence-electron chi connectivity index (χ4n) is 0.866. The summed E-state index contributed by atoms with van der Waals surface area (Å²) in [5.74, 6) is -0.453. The first-order valence-corrected chi connectivity index (χ1v) is 4.65. The van der Waals surface area contributed by atoms with E-state index >= 15 is 0 Å². The van der Waals surface area contributed by atoms with Crippen LogP contribution in [0.4, 0.5) is 5.69 Å². The van der Waals surface area contributed by atoms with Gasteiger partial charge in [0.25, 0.3) is 0 Å². The van der Waals surface area contributed by atoms with E-state index in [1.165, 1.54) is 7.11 Å². The van der Waals surface area contributed by atoms with E-state index in [0.29, 0.717) is 11.3 Å². The third kappa shape index (κ3) is 2.71. The van der Waals surface area contributed by atoms with E-state index in [9.17, 15) is 4.79 Å². The molecule has 0 aliphatic heterocycles. The van der Waals surface area contributed by atoms with Crippen LogP contribution >= 0.6 is 15.9 Å². The summed E-state index contributed by atoms with van der Waals surface area (Å²) in [6.07, 6.45) is 0. The number of halogens is 1. The van der Waals surface area contributed by atoms with Crippen LogP contribution in [0.15, 0.2) is 22.7 Å². The van der Waals surface area contributed by atoms with Crippen molar-refractivity contribution in [1.82, 2.24) is 0 Å². The van der Waals surface area contributed by atoms with E-state index in [4.69, 9.17) is 10.5 Å². The van der Waals surface area contributed by atoms with Gasteiger partial charge in [0, 0.05) is 17.3 Å².